The van der Waals surface area contributed by atoms with Gasteiger partial charge in [-0.05, 0) is 0 Å². The number of phosphoric acid groups is 1. The second kappa shape index (κ2) is 14.2. The predicted molar refractivity (Wildman–Crippen MR) is 32.2 cm³/mol. The van der Waals surface area contributed by atoms with Crippen LogP contribution in [0.1, 0.15) is 0 Å². The molecule has 0 heterocycles. The van der Waals surface area contributed by atoms with Crippen molar-refractivity contribution in [2.75, 3.05) is 0 Å². The van der Waals surface area contributed by atoms with Crippen molar-refractivity contribution in [2.45, 2.75) is 0 Å². The van der Waals surface area contributed by atoms with E-state index >= 15 is 0 Å². The van der Waals surface area contributed by atoms with E-state index < -0.39 is 12.9 Å². The summed E-state index contributed by atoms with van der Waals surface area (Å²) in [6.07, 6.45) is 0. The summed E-state index contributed by atoms with van der Waals surface area (Å²) in [6.45, 7) is 0. The Morgan fingerprint density at radius 3 is 1.31 bits per heavy atom. The van der Waals surface area contributed by atoms with Crippen LogP contribution < -0.4 is 29.6 Å². The van der Waals surface area contributed by atoms with Gasteiger partial charge in [-0.1, -0.05) is 0 Å². The van der Waals surface area contributed by atoms with E-state index in [2.05, 4.69) is 0 Å². The maximum absolute atomic E-state index is 8.88. The third-order valence-electron chi connectivity index (χ3n) is 0. The molecule has 0 fully saturated rings. The van der Waals surface area contributed by atoms with Crippen LogP contribution in [0.4, 0.5) is 0 Å². The molecule has 0 atom stereocenters. The van der Waals surface area contributed by atoms with Crippen molar-refractivity contribution >= 4 is 7.82 Å². The molecule has 0 unspecified atom stereocenters. The summed E-state index contributed by atoms with van der Waals surface area (Å²) in [4.78, 5) is 37.9. The number of hydrogen-bond donors (Lipinski definition) is 4. The molecule has 0 aliphatic carbocycles. The van der Waals surface area contributed by atoms with Crippen LogP contribution >= 0.6 is 7.82 Å². The Hall–Kier alpha value is -0.290. The van der Waals surface area contributed by atoms with E-state index in [0.717, 1.165) is 5.34 Å². The van der Waals surface area contributed by atoms with E-state index in [1.807, 2.05) is 0 Å². The smallest absolute Gasteiger partial charge is 0.444 e. The van der Waals surface area contributed by atoms with Crippen LogP contribution in [0.5, 0.6) is 0 Å². The van der Waals surface area contributed by atoms with Crippen LogP contribution in [0.3, 0.4) is 0 Å². The summed E-state index contributed by atoms with van der Waals surface area (Å²) in [6, 6.07) is 0. The van der Waals surface area contributed by atoms with E-state index in [1.54, 1.807) is 0 Å². The largest absolute Gasteiger partial charge is 1.00 e. The Bertz CT molecular complexity index is 149. The summed E-state index contributed by atoms with van der Waals surface area (Å²) in [5.41, 5.74) is 0. The van der Waals surface area contributed by atoms with Crippen molar-refractivity contribution in [1.82, 2.24) is 0 Å². The first-order valence-corrected chi connectivity index (χ1v) is 3.28. The van der Waals surface area contributed by atoms with Gasteiger partial charge >= 0.3 is 37.4 Å². The fourth-order valence-electron chi connectivity index (χ4n) is 0. The van der Waals surface area contributed by atoms with Gasteiger partial charge in [-0.15, -0.1) is 15.5 Å². The molecule has 0 spiro atoms. The zero-order valence-electron chi connectivity index (χ0n) is 6.17. The van der Waals surface area contributed by atoms with Gasteiger partial charge in [0.15, 0.2) is 0 Å². The van der Waals surface area contributed by atoms with E-state index in [9.17, 15) is 0 Å². The SMILES string of the molecule is O=N[O-].O=P(O)(O)O.O=[N+]([O-])O.[Na+]. The Labute approximate surface area is 92.6 Å². The van der Waals surface area contributed by atoms with Gasteiger partial charge in [0, 0.05) is 0 Å². The second-order valence-corrected chi connectivity index (χ2v) is 1.85. The summed E-state index contributed by atoms with van der Waals surface area (Å²) < 4.78 is 8.88. The quantitative estimate of drug-likeness (QED) is 0.105. The van der Waals surface area contributed by atoms with Crippen molar-refractivity contribution in [2.24, 2.45) is 5.34 Å². The first-order chi connectivity index (χ1) is 5.15. The Morgan fingerprint density at radius 2 is 1.31 bits per heavy atom. The average Bonchev–Trinajstić information content (AvgIpc) is 1.56. The predicted octanol–water partition coefficient (Wildman–Crippen LogP) is -4.02. The van der Waals surface area contributed by atoms with Crippen molar-refractivity contribution < 1.29 is 59.1 Å². The molecule has 0 aliphatic heterocycles. The van der Waals surface area contributed by atoms with Gasteiger partial charge in [0.1, 0.15) is 0 Å². The molecule has 0 aliphatic rings. The van der Waals surface area contributed by atoms with Crippen LogP contribution in [0.2, 0.25) is 0 Å². The molecule has 4 N–H and O–H groups in total. The van der Waals surface area contributed by atoms with Crippen molar-refractivity contribution in [3.05, 3.63) is 20.2 Å². The third-order valence-corrected chi connectivity index (χ3v) is 0. The Kier molecular flexibility index (Phi) is 25.2. The Morgan fingerprint density at radius 1 is 1.31 bits per heavy atom. The minimum atomic E-state index is -4.64. The normalized spacial score (nSPS) is 7.31. The van der Waals surface area contributed by atoms with Crippen molar-refractivity contribution in [3.63, 3.8) is 0 Å². The number of nitrogens with zero attached hydrogens (tertiary/aromatic N) is 2. The third kappa shape index (κ3) is 13100. The molecule has 0 aromatic carbocycles. The summed E-state index contributed by atoms with van der Waals surface area (Å²) in [7, 11) is -4.64. The first kappa shape index (κ1) is 23.0. The molecule has 0 aromatic heterocycles. The van der Waals surface area contributed by atoms with Crippen LogP contribution in [0.15, 0.2) is 5.34 Å². The molecule has 0 radical (unpaired) electrons. The minimum Gasteiger partial charge on any atom is -0.444 e. The first-order valence-electron chi connectivity index (χ1n) is 1.71. The van der Waals surface area contributed by atoms with E-state index in [-0.39, 0.29) is 29.6 Å². The van der Waals surface area contributed by atoms with Crippen LogP contribution in [0, 0.1) is 20.2 Å². The van der Waals surface area contributed by atoms with Crippen molar-refractivity contribution in [1.29, 1.82) is 0 Å². The zero-order valence-corrected chi connectivity index (χ0v) is 9.07. The van der Waals surface area contributed by atoms with Gasteiger partial charge in [0.05, 0.1) is 0 Å². The maximum Gasteiger partial charge on any atom is 1.00 e. The van der Waals surface area contributed by atoms with E-state index in [4.69, 9.17) is 44.7 Å². The molecule has 0 rings (SSSR count). The number of hydrogen-bond acceptors (Lipinski definition) is 6. The van der Waals surface area contributed by atoms with E-state index in [1.165, 1.54) is 0 Å². The number of rotatable bonds is 0. The molecule has 13 heteroatoms. The maximum atomic E-state index is 8.88. The molecule has 0 bridgehead atoms. The molecule has 11 nitrogen and oxygen atoms in total. The summed E-state index contributed by atoms with van der Waals surface area (Å²) in [5, 5.41) is 22.6. The zero-order chi connectivity index (χ0) is 10.8. The summed E-state index contributed by atoms with van der Waals surface area (Å²) >= 11 is 0. The molecule has 13 heavy (non-hydrogen) atoms. The van der Waals surface area contributed by atoms with Crippen LogP contribution in [-0.2, 0) is 4.57 Å². The van der Waals surface area contributed by atoms with Gasteiger partial charge in [0.25, 0.3) is 5.09 Å². The van der Waals surface area contributed by atoms with Crippen LogP contribution in [-0.4, -0.2) is 25.0 Å². The molecular formula is H4N2NaO9P. The summed E-state index contributed by atoms with van der Waals surface area (Å²) in [5.74, 6) is 0. The molecular weight excluding hydrogens is 226 g/mol. The fourth-order valence-corrected chi connectivity index (χ4v) is 0. The Balaban J connectivity index is -0.0000000465. The van der Waals surface area contributed by atoms with Gasteiger partial charge in [-0.3, -0.25) is 0 Å². The average molecular weight is 230 g/mol. The molecule has 0 saturated heterocycles. The second-order valence-electron chi connectivity index (χ2n) is 0.826. The molecule has 0 amide bonds. The van der Waals surface area contributed by atoms with E-state index in [0.29, 0.717) is 0 Å². The molecule has 0 aromatic rings. The fraction of sp³-hybridized carbons (Fsp3) is 0. The van der Waals surface area contributed by atoms with Crippen molar-refractivity contribution in [3.8, 4) is 0 Å². The van der Waals surface area contributed by atoms with Gasteiger partial charge in [-0.25, -0.2) is 4.57 Å². The standard InChI is InChI=1S/HNO3.HNO2.Na.H3O4P/c2-1(3)4;2-1-3;;1-5(2,3)4/h(H,2,3,4);(H,2,3);;(H3,1,2,3,4)/q;;+1;/p-1. The monoisotopic (exact) mass is 230 g/mol. The molecule has 74 valence electrons. The minimum absolute atomic E-state index is 0. The molecule has 0 saturated carbocycles. The van der Waals surface area contributed by atoms with Gasteiger partial charge in [0.2, 0.25) is 0 Å². The van der Waals surface area contributed by atoms with Gasteiger partial charge in [-0.2, -0.15) is 0 Å². The topological polar surface area (TPSA) is 194 Å². The van der Waals surface area contributed by atoms with Gasteiger partial charge < -0.3 is 30.0 Å². The van der Waals surface area contributed by atoms with Crippen LogP contribution in [0.25, 0.3) is 0 Å².